The molecule has 0 unspecified atom stereocenters. The van der Waals surface area contributed by atoms with Crippen LogP contribution in [0.4, 0.5) is 11.8 Å². The van der Waals surface area contributed by atoms with Gasteiger partial charge in [-0.3, -0.25) is 0 Å². The fraction of sp³-hybridized carbons (Fsp3) is 0.733. The Kier molecular flexibility index (Phi) is 3.02. The summed E-state index contributed by atoms with van der Waals surface area (Å²) in [5, 5.41) is 3.48. The van der Waals surface area contributed by atoms with Gasteiger partial charge in [-0.2, -0.15) is 4.98 Å². The summed E-state index contributed by atoms with van der Waals surface area (Å²) in [6.45, 7) is 4.52. The van der Waals surface area contributed by atoms with Crippen molar-refractivity contribution in [3.05, 3.63) is 11.8 Å². The molecule has 5 nitrogen and oxygen atoms in total. The lowest BCUT2D eigenvalue weighted by molar-refractivity contribution is 0.533. The van der Waals surface area contributed by atoms with E-state index in [2.05, 4.69) is 26.3 Å². The highest BCUT2D eigenvalue weighted by Crippen LogP contribution is 2.36. The van der Waals surface area contributed by atoms with Crippen LogP contribution in [0.15, 0.2) is 6.07 Å². The zero-order valence-electron chi connectivity index (χ0n) is 11.9. The predicted octanol–water partition coefficient (Wildman–Crippen LogP) is 1.37. The molecule has 0 amide bonds. The monoisotopic (exact) mass is 273 g/mol. The molecule has 3 N–H and O–H groups in total. The van der Waals surface area contributed by atoms with Gasteiger partial charge in [-0.25, -0.2) is 4.98 Å². The maximum Gasteiger partial charge on any atom is 0.222 e. The first kappa shape index (κ1) is 12.4. The van der Waals surface area contributed by atoms with Gasteiger partial charge in [-0.1, -0.05) is 12.8 Å². The highest BCUT2D eigenvalue weighted by molar-refractivity contribution is 5.46. The average molecular weight is 273 g/mol. The summed E-state index contributed by atoms with van der Waals surface area (Å²) in [5.41, 5.74) is 7.12. The Hall–Kier alpha value is -1.36. The first-order valence-electron chi connectivity index (χ1n) is 7.90. The average Bonchev–Trinajstić information content (AvgIpc) is 3.14. The van der Waals surface area contributed by atoms with Crippen molar-refractivity contribution in [2.75, 3.05) is 36.8 Å². The number of anilines is 2. The van der Waals surface area contributed by atoms with E-state index in [1.165, 1.54) is 31.4 Å². The van der Waals surface area contributed by atoms with Gasteiger partial charge >= 0.3 is 0 Å². The molecule has 3 heterocycles. The second-order valence-electron chi connectivity index (χ2n) is 6.57. The molecule has 4 rings (SSSR count). The lowest BCUT2D eigenvalue weighted by Crippen LogP contribution is -2.26. The third kappa shape index (κ3) is 2.14. The summed E-state index contributed by atoms with van der Waals surface area (Å²) in [7, 11) is 0. The van der Waals surface area contributed by atoms with Gasteiger partial charge in [0.1, 0.15) is 5.82 Å². The molecule has 1 aromatic rings. The Balaban J connectivity index is 1.58. The van der Waals surface area contributed by atoms with E-state index in [1.54, 1.807) is 0 Å². The zero-order valence-corrected chi connectivity index (χ0v) is 11.9. The molecule has 2 aliphatic heterocycles. The zero-order chi connectivity index (χ0) is 13.5. The normalized spacial score (nSPS) is 30.1. The van der Waals surface area contributed by atoms with Crippen LogP contribution in [0.1, 0.15) is 37.3 Å². The number of fused-ring (bicyclic) bond motifs is 1. The van der Waals surface area contributed by atoms with Gasteiger partial charge in [0, 0.05) is 38.2 Å². The van der Waals surface area contributed by atoms with Crippen LogP contribution in [0.25, 0.3) is 0 Å². The topological polar surface area (TPSA) is 67.1 Å². The maximum absolute atomic E-state index is 5.95. The summed E-state index contributed by atoms with van der Waals surface area (Å²) in [4.78, 5) is 11.4. The van der Waals surface area contributed by atoms with Gasteiger partial charge in [0.25, 0.3) is 0 Å². The fourth-order valence-corrected chi connectivity index (χ4v) is 4.11. The number of nitrogens with zero attached hydrogens (tertiary/aromatic N) is 3. The lowest BCUT2D eigenvalue weighted by atomic mass is 10.0. The van der Waals surface area contributed by atoms with Crippen LogP contribution >= 0.6 is 0 Å². The van der Waals surface area contributed by atoms with Gasteiger partial charge in [0.2, 0.25) is 5.95 Å². The minimum absolute atomic E-state index is 0.444. The molecular formula is C15H23N5. The van der Waals surface area contributed by atoms with Gasteiger partial charge in [-0.05, 0) is 24.7 Å². The molecule has 0 aromatic carbocycles. The third-order valence-corrected chi connectivity index (χ3v) is 5.24. The van der Waals surface area contributed by atoms with Crippen molar-refractivity contribution < 1.29 is 0 Å². The quantitative estimate of drug-likeness (QED) is 0.852. The first-order valence-corrected chi connectivity index (χ1v) is 7.90. The van der Waals surface area contributed by atoms with Crippen LogP contribution in [-0.2, 0) is 0 Å². The molecule has 1 aliphatic carbocycles. The van der Waals surface area contributed by atoms with E-state index in [-0.39, 0.29) is 0 Å². The number of aromatic nitrogens is 2. The molecule has 0 spiro atoms. The van der Waals surface area contributed by atoms with E-state index in [0.29, 0.717) is 11.9 Å². The Morgan fingerprint density at radius 3 is 2.50 bits per heavy atom. The van der Waals surface area contributed by atoms with E-state index in [0.717, 1.165) is 43.8 Å². The molecule has 20 heavy (non-hydrogen) atoms. The molecule has 2 atom stereocenters. The molecule has 0 bridgehead atoms. The predicted molar refractivity (Wildman–Crippen MR) is 79.7 cm³/mol. The SMILES string of the molecule is Nc1nc(C2CCCC2)cc(N2C[C@H]3CNC[C@H]3C2)n1. The number of nitrogens with one attached hydrogen (secondary N) is 1. The standard InChI is InChI=1S/C15H23N5/c16-15-18-13(10-3-1-2-4-10)5-14(19-15)20-8-11-6-17-7-12(11)9-20/h5,10-12,17H,1-4,6-9H2,(H2,16,18,19)/t11-,12+. The summed E-state index contributed by atoms with van der Waals surface area (Å²) < 4.78 is 0. The Morgan fingerprint density at radius 1 is 1.10 bits per heavy atom. The molecule has 1 aromatic heterocycles. The van der Waals surface area contributed by atoms with Crippen LogP contribution in [0.5, 0.6) is 0 Å². The number of hydrogen-bond donors (Lipinski definition) is 2. The summed E-state index contributed by atoms with van der Waals surface area (Å²) >= 11 is 0. The van der Waals surface area contributed by atoms with E-state index >= 15 is 0 Å². The number of nitrogens with two attached hydrogens (primary N) is 1. The van der Waals surface area contributed by atoms with Gasteiger partial charge in [-0.15, -0.1) is 0 Å². The molecule has 3 fully saturated rings. The Bertz CT molecular complexity index is 485. The smallest absolute Gasteiger partial charge is 0.222 e. The Morgan fingerprint density at radius 2 is 1.80 bits per heavy atom. The van der Waals surface area contributed by atoms with Crippen molar-refractivity contribution in [3.8, 4) is 0 Å². The number of hydrogen-bond acceptors (Lipinski definition) is 5. The second-order valence-corrected chi connectivity index (χ2v) is 6.57. The maximum atomic E-state index is 5.95. The van der Waals surface area contributed by atoms with Gasteiger partial charge in [0.05, 0.1) is 5.69 Å². The van der Waals surface area contributed by atoms with Crippen LogP contribution in [0, 0.1) is 11.8 Å². The van der Waals surface area contributed by atoms with E-state index in [4.69, 9.17) is 5.73 Å². The van der Waals surface area contributed by atoms with E-state index in [1.807, 2.05) is 0 Å². The number of nitrogen functional groups attached to an aromatic ring is 1. The first-order chi connectivity index (χ1) is 9.79. The van der Waals surface area contributed by atoms with Crippen molar-refractivity contribution in [2.45, 2.75) is 31.6 Å². The van der Waals surface area contributed by atoms with E-state index in [9.17, 15) is 0 Å². The van der Waals surface area contributed by atoms with Gasteiger partial charge in [0.15, 0.2) is 0 Å². The minimum atomic E-state index is 0.444. The number of rotatable bonds is 2. The van der Waals surface area contributed by atoms with Crippen LogP contribution in [-0.4, -0.2) is 36.1 Å². The molecule has 108 valence electrons. The summed E-state index contributed by atoms with van der Waals surface area (Å²) in [6.07, 6.45) is 5.16. The summed E-state index contributed by atoms with van der Waals surface area (Å²) in [5.74, 6) is 3.65. The van der Waals surface area contributed by atoms with Crippen molar-refractivity contribution in [3.63, 3.8) is 0 Å². The van der Waals surface area contributed by atoms with Crippen molar-refractivity contribution in [2.24, 2.45) is 11.8 Å². The lowest BCUT2D eigenvalue weighted by Gasteiger charge is -2.20. The highest BCUT2D eigenvalue weighted by atomic mass is 15.2. The Labute approximate surface area is 120 Å². The minimum Gasteiger partial charge on any atom is -0.368 e. The molecule has 1 saturated carbocycles. The van der Waals surface area contributed by atoms with Crippen molar-refractivity contribution in [1.82, 2.24) is 15.3 Å². The van der Waals surface area contributed by atoms with Crippen LogP contribution < -0.4 is 16.0 Å². The second kappa shape index (κ2) is 4.88. The largest absolute Gasteiger partial charge is 0.368 e. The van der Waals surface area contributed by atoms with Crippen LogP contribution in [0.3, 0.4) is 0 Å². The molecule has 3 aliphatic rings. The molecule has 2 saturated heterocycles. The third-order valence-electron chi connectivity index (χ3n) is 5.24. The van der Waals surface area contributed by atoms with Crippen molar-refractivity contribution in [1.29, 1.82) is 0 Å². The molecular weight excluding hydrogens is 250 g/mol. The summed E-state index contributed by atoms with van der Waals surface area (Å²) in [6, 6.07) is 2.20. The fourth-order valence-electron chi connectivity index (χ4n) is 4.11. The van der Waals surface area contributed by atoms with Crippen molar-refractivity contribution >= 4 is 11.8 Å². The van der Waals surface area contributed by atoms with Gasteiger partial charge < -0.3 is 16.0 Å². The van der Waals surface area contributed by atoms with Crippen LogP contribution in [0.2, 0.25) is 0 Å². The highest BCUT2D eigenvalue weighted by Gasteiger charge is 2.37. The van der Waals surface area contributed by atoms with E-state index < -0.39 is 0 Å². The molecule has 0 radical (unpaired) electrons. The molecule has 5 heteroatoms.